The number of anilines is 1. The van der Waals surface area contributed by atoms with Crippen molar-refractivity contribution in [3.05, 3.63) is 64.7 Å². The highest BCUT2D eigenvalue weighted by atomic mass is 32.1. The molecule has 5 rings (SSSR count). The first kappa shape index (κ1) is 17.1. The molecule has 0 unspecified atom stereocenters. The van der Waals surface area contributed by atoms with Crippen molar-refractivity contribution in [3.63, 3.8) is 0 Å². The fraction of sp³-hybridized carbons (Fsp3) is 0.227. The average Bonchev–Trinajstić information content (AvgIpc) is 3.23. The average molecular weight is 388 g/mol. The van der Waals surface area contributed by atoms with Gasteiger partial charge in [0, 0.05) is 18.5 Å². The van der Waals surface area contributed by atoms with E-state index in [-0.39, 0.29) is 0 Å². The summed E-state index contributed by atoms with van der Waals surface area (Å²) in [5.41, 5.74) is 6.83. The molecule has 3 aromatic rings. The molecule has 0 saturated carbocycles. The van der Waals surface area contributed by atoms with Crippen molar-refractivity contribution in [1.82, 2.24) is 15.3 Å². The largest absolute Gasteiger partial charge is 0.356 e. The standard InChI is InChI=1S/C22H21N5S/c1-2-6-16-13-17(10-9-15(16)5-1)18-7-3-8-19(25-18)20-14-28-22(26-20)27-21-23-11-4-12-24-21/h1-3,5-8,13-14H,4,9-12H2,(H2,23,24,26,27). The number of aryl methyl sites for hydroxylation is 1. The summed E-state index contributed by atoms with van der Waals surface area (Å²) in [5, 5.41) is 9.40. The maximum absolute atomic E-state index is 4.90. The van der Waals surface area contributed by atoms with E-state index in [4.69, 9.17) is 9.97 Å². The van der Waals surface area contributed by atoms with E-state index < -0.39 is 0 Å². The number of fused-ring (bicyclic) bond motifs is 1. The molecule has 0 atom stereocenters. The predicted octanol–water partition coefficient (Wildman–Crippen LogP) is 4.45. The van der Waals surface area contributed by atoms with E-state index in [1.807, 2.05) is 11.4 Å². The highest BCUT2D eigenvalue weighted by molar-refractivity contribution is 7.14. The summed E-state index contributed by atoms with van der Waals surface area (Å²) in [7, 11) is 0. The van der Waals surface area contributed by atoms with Crippen LogP contribution < -0.4 is 10.6 Å². The smallest absolute Gasteiger partial charge is 0.197 e. The van der Waals surface area contributed by atoms with Gasteiger partial charge in [-0.1, -0.05) is 30.3 Å². The highest BCUT2D eigenvalue weighted by Gasteiger charge is 2.14. The molecule has 0 radical (unpaired) electrons. The number of rotatable bonds is 3. The van der Waals surface area contributed by atoms with Crippen LogP contribution in [-0.2, 0) is 6.42 Å². The van der Waals surface area contributed by atoms with Gasteiger partial charge in [-0.25, -0.2) is 9.97 Å². The quantitative estimate of drug-likeness (QED) is 0.697. The Hall–Kier alpha value is -2.99. The molecule has 5 nitrogen and oxygen atoms in total. The molecular formula is C22H21N5S. The van der Waals surface area contributed by atoms with Gasteiger partial charge in [0.15, 0.2) is 11.1 Å². The summed E-state index contributed by atoms with van der Waals surface area (Å²) in [6, 6.07) is 14.8. The van der Waals surface area contributed by atoms with Crippen molar-refractivity contribution in [2.45, 2.75) is 19.3 Å². The van der Waals surface area contributed by atoms with Crippen LogP contribution in [0.15, 0.2) is 52.8 Å². The molecule has 0 bridgehead atoms. The summed E-state index contributed by atoms with van der Waals surface area (Å²) in [5.74, 6) is 0.805. The Morgan fingerprint density at radius 3 is 2.79 bits per heavy atom. The molecule has 2 aromatic heterocycles. The predicted molar refractivity (Wildman–Crippen MR) is 117 cm³/mol. The minimum Gasteiger partial charge on any atom is -0.356 e. The van der Waals surface area contributed by atoms with Gasteiger partial charge in [-0.3, -0.25) is 4.99 Å². The van der Waals surface area contributed by atoms with Gasteiger partial charge >= 0.3 is 0 Å². The molecule has 0 spiro atoms. The van der Waals surface area contributed by atoms with Crippen LogP contribution in [-0.4, -0.2) is 29.0 Å². The minimum absolute atomic E-state index is 0.805. The minimum atomic E-state index is 0.805. The second kappa shape index (κ2) is 7.56. The molecule has 2 aliphatic rings. The lowest BCUT2D eigenvalue weighted by Crippen LogP contribution is -2.35. The van der Waals surface area contributed by atoms with Gasteiger partial charge in [-0.05, 0) is 54.2 Å². The number of thiazole rings is 1. The Bertz CT molecular complexity index is 1070. The Balaban J connectivity index is 1.39. The fourth-order valence-electron chi connectivity index (χ4n) is 3.56. The third-order valence-corrected chi connectivity index (χ3v) is 5.77. The molecule has 0 fully saturated rings. The number of guanidine groups is 1. The van der Waals surface area contributed by atoms with E-state index in [0.29, 0.717) is 0 Å². The van der Waals surface area contributed by atoms with Gasteiger partial charge in [0.25, 0.3) is 0 Å². The number of hydrogen-bond donors (Lipinski definition) is 2. The van der Waals surface area contributed by atoms with Crippen LogP contribution in [0.2, 0.25) is 0 Å². The summed E-state index contributed by atoms with van der Waals surface area (Å²) >= 11 is 1.57. The van der Waals surface area contributed by atoms with Crippen molar-refractivity contribution in [2.75, 3.05) is 18.4 Å². The first-order valence-corrected chi connectivity index (χ1v) is 10.5. The number of aliphatic imine (C=N–C) groups is 1. The number of allylic oxidation sites excluding steroid dienone is 1. The zero-order chi connectivity index (χ0) is 18.8. The third kappa shape index (κ3) is 3.55. The summed E-state index contributed by atoms with van der Waals surface area (Å²) in [6.07, 6.45) is 5.42. The van der Waals surface area contributed by atoms with Crippen LogP contribution in [0.25, 0.3) is 23.0 Å². The number of benzene rings is 1. The van der Waals surface area contributed by atoms with E-state index in [9.17, 15) is 0 Å². The number of nitrogens with zero attached hydrogens (tertiary/aromatic N) is 3. The van der Waals surface area contributed by atoms with Crippen molar-refractivity contribution in [3.8, 4) is 11.4 Å². The Kier molecular flexibility index (Phi) is 4.62. The third-order valence-electron chi connectivity index (χ3n) is 5.02. The van der Waals surface area contributed by atoms with Crippen molar-refractivity contribution in [1.29, 1.82) is 0 Å². The summed E-state index contributed by atoms with van der Waals surface area (Å²) < 4.78 is 0. The van der Waals surface area contributed by atoms with Gasteiger partial charge in [-0.15, -0.1) is 11.3 Å². The zero-order valence-electron chi connectivity index (χ0n) is 15.5. The second-order valence-electron chi connectivity index (χ2n) is 6.95. The Labute approximate surface area is 168 Å². The maximum atomic E-state index is 4.90. The Morgan fingerprint density at radius 2 is 1.86 bits per heavy atom. The van der Waals surface area contributed by atoms with Crippen LogP contribution in [0.3, 0.4) is 0 Å². The lowest BCUT2D eigenvalue weighted by Gasteiger charge is -2.16. The van der Waals surface area contributed by atoms with Crippen LogP contribution in [0.1, 0.15) is 29.7 Å². The lowest BCUT2D eigenvalue weighted by atomic mass is 9.90. The molecule has 0 saturated heterocycles. The SMILES string of the molecule is C1=C(c2cccc(-c3csc(NC4=NCCCN4)n3)n2)CCc2ccccc21. The van der Waals surface area contributed by atoms with Crippen molar-refractivity contribution >= 4 is 34.1 Å². The topological polar surface area (TPSA) is 62.2 Å². The van der Waals surface area contributed by atoms with Crippen LogP contribution in [0, 0.1) is 0 Å². The molecule has 2 N–H and O–H groups in total. The second-order valence-corrected chi connectivity index (χ2v) is 7.81. The summed E-state index contributed by atoms with van der Waals surface area (Å²) in [4.78, 5) is 14.0. The number of hydrogen-bond acceptors (Lipinski definition) is 6. The van der Waals surface area contributed by atoms with Crippen LogP contribution in [0.5, 0.6) is 0 Å². The molecular weight excluding hydrogens is 366 g/mol. The van der Waals surface area contributed by atoms with E-state index in [2.05, 4.69) is 58.1 Å². The fourth-order valence-corrected chi connectivity index (χ4v) is 4.26. The first-order chi connectivity index (χ1) is 13.8. The van der Waals surface area contributed by atoms with E-state index in [1.54, 1.807) is 11.3 Å². The monoisotopic (exact) mass is 387 g/mol. The van der Waals surface area contributed by atoms with Gasteiger partial charge in [0.1, 0.15) is 5.69 Å². The first-order valence-electron chi connectivity index (χ1n) is 9.62. The van der Waals surface area contributed by atoms with E-state index in [0.717, 1.165) is 60.5 Å². The normalized spacial score (nSPS) is 15.9. The van der Waals surface area contributed by atoms with Crippen LogP contribution in [0.4, 0.5) is 5.13 Å². The van der Waals surface area contributed by atoms with Gasteiger partial charge in [0.05, 0.1) is 11.4 Å². The molecule has 28 heavy (non-hydrogen) atoms. The van der Waals surface area contributed by atoms with Gasteiger partial charge in [-0.2, -0.15) is 0 Å². The van der Waals surface area contributed by atoms with E-state index >= 15 is 0 Å². The van der Waals surface area contributed by atoms with E-state index in [1.165, 1.54) is 16.7 Å². The molecule has 0 amide bonds. The van der Waals surface area contributed by atoms with Crippen molar-refractivity contribution in [2.24, 2.45) is 4.99 Å². The Morgan fingerprint density at radius 1 is 0.929 bits per heavy atom. The van der Waals surface area contributed by atoms with Crippen LogP contribution >= 0.6 is 11.3 Å². The molecule has 6 heteroatoms. The molecule has 1 aromatic carbocycles. The summed E-state index contributed by atoms with van der Waals surface area (Å²) in [6.45, 7) is 1.81. The van der Waals surface area contributed by atoms with Gasteiger partial charge < -0.3 is 10.6 Å². The lowest BCUT2D eigenvalue weighted by molar-refractivity contribution is 0.740. The molecule has 140 valence electrons. The molecule has 3 heterocycles. The molecule has 1 aliphatic carbocycles. The number of nitrogens with one attached hydrogen (secondary N) is 2. The molecule has 1 aliphatic heterocycles. The zero-order valence-corrected chi connectivity index (χ0v) is 16.3. The number of aromatic nitrogens is 2. The maximum Gasteiger partial charge on any atom is 0.197 e. The van der Waals surface area contributed by atoms with Gasteiger partial charge in [0.2, 0.25) is 0 Å². The van der Waals surface area contributed by atoms with Crippen molar-refractivity contribution < 1.29 is 0 Å². The number of pyridine rings is 1. The highest BCUT2D eigenvalue weighted by Crippen LogP contribution is 2.31.